The molecule has 1 aliphatic carbocycles. The molecule has 0 aromatic heterocycles. The largest absolute Gasteiger partial charge is 0.393 e. The molecule has 1 aromatic carbocycles. The van der Waals surface area contributed by atoms with Gasteiger partial charge in [0.05, 0.1) is 6.10 Å². The number of hydrogen-bond donors (Lipinski definition) is 3. The van der Waals surface area contributed by atoms with Crippen molar-refractivity contribution in [1.29, 1.82) is 0 Å². The lowest BCUT2D eigenvalue weighted by Crippen LogP contribution is -2.41. The van der Waals surface area contributed by atoms with Gasteiger partial charge in [0.25, 0.3) is 0 Å². The maximum Gasteiger partial charge on any atom is 0.313 e. The van der Waals surface area contributed by atoms with Crippen molar-refractivity contribution in [2.24, 2.45) is 5.92 Å². The third-order valence-electron chi connectivity index (χ3n) is 4.04. The van der Waals surface area contributed by atoms with E-state index in [1.165, 1.54) is 0 Å². The van der Waals surface area contributed by atoms with E-state index in [-0.39, 0.29) is 5.92 Å². The number of nitrogens with one attached hydrogen (secondary N) is 2. The van der Waals surface area contributed by atoms with E-state index in [0.717, 1.165) is 31.2 Å². The highest BCUT2D eigenvalue weighted by Crippen LogP contribution is 2.23. The molecule has 0 radical (unpaired) electrons. The van der Waals surface area contributed by atoms with Crippen molar-refractivity contribution in [3.63, 3.8) is 0 Å². The van der Waals surface area contributed by atoms with Crippen molar-refractivity contribution in [2.75, 3.05) is 11.9 Å². The Balaban J connectivity index is 1.85. The highest BCUT2D eigenvalue weighted by molar-refractivity contribution is 6.39. The highest BCUT2D eigenvalue weighted by atomic mass is 35.5. The number of amides is 2. The molecule has 5 nitrogen and oxygen atoms in total. The van der Waals surface area contributed by atoms with Crippen molar-refractivity contribution in [2.45, 2.75) is 38.7 Å². The molecule has 1 aromatic rings. The molecular formula is C16H21ClN2O3. The number of aliphatic hydroxyl groups is 1. The van der Waals surface area contributed by atoms with Crippen LogP contribution >= 0.6 is 11.6 Å². The van der Waals surface area contributed by atoms with E-state index < -0.39 is 17.9 Å². The Morgan fingerprint density at radius 2 is 2.00 bits per heavy atom. The average Bonchev–Trinajstić information content (AvgIpc) is 2.49. The summed E-state index contributed by atoms with van der Waals surface area (Å²) in [5.74, 6) is -1.37. The molecule has 2 atom stereocenters. The summed E-state index contributed by atoms with van der Waals surface area (Å²) in [5, 5.41) is 15.6. The minimum atomic E-state index is -0.712. The van der Waals surface area contributed by atoms with E-state index in [0.29, 0.717) is 17.3 Å². The first-order chi connectivity index (χ1) is 10.5. The third kappa shape index (κ3) is 4.45. The number of hydrogen-bond acceptors (Lipinski definition) is 3. The second-order valence-electron chi connectivity index (χ2n) is 5.74. The zero-order valence-corrected chi connectivity index (χ0v) is 13.3. The number of anilines is 1. The molecule has 2 rings (SSSR count). The fourth-order valence-electron chi connectivity index (χ4n) is 2.68. The van der Waals surface area contributed by atoms with Crippen molar-refractivity contribution >= 4 is 29.1 Å². The molecule has 3 N–H and O–H groups in total. The van der Waals surface area contributed by atoms with Crippen LogP contribution in [0.2, 0.25) is 5.02 Å². The van der Waals surface area contributed by atoms with Gasteiger partial charge in [0.15, 0.2) is 0 Å². The molecular weight excluding hydrogens is 304 g/mol. The molecule has 0 aliphatic heterocycles. The molecule has 0 heterocycles. The van der Waals surface area contributed by atoms with Crippen LogP contribution in [0.15, 0.2) is 18.2 Å². The van der Waals surface area contributed by atoms with Crippen molar-refractivity contribution < 1.29 is 14.7 Å². The zero-order chi connectivity index (χ0) is 16.1. The van der Waals surface area contributed by atoms with Gasteiger partial charge in [-0.2, -0.15) is 0 Å². The topological polar surface area (TPSA) is 78.4 Å². The van der Waals surface area contributed by atoms with E-state index in [1.54, 1.807) is 25.1 Å². The van der Waals surface area contributed by atoms with Crippen LogP contribution in [0.3, 0.4) is 0 Å². The fourth-order valence-corrected chi connectivity index (χ4v) is 2.90. The maximum atomic E-state index is 11.9. The summed E-state index contributed by atoms with van der Waals surface area (Å²) >= 11 is 5.85. The number of carbonyl (C=O) groups is 2. The minimum Gasteiger partial charge on any atom is -0.393 e. The van der Waals surface area contributed by atoms with Crippen molar-refractivity contribution in [3.05, 3.63) is 28.8 Å². The summed E-state index contributed by atoms with van der Waals surface area (Å²) < 4.78 is 0. The summed E-state index contributed by atoms with van der Waals surface area (Å²) in [5.41, 5.74) is 1.35. The first-order valence-electron chi connectivity index (χ1n) is 7.51. The first-order valence-corrected chi connectivity index (χ1v) is 7.88. The number of aryl methyl sites for hydroxylation is 1. The van der Waals surface area contributed by atoms with Gasteiger partial charge in [-0.15, -0.1) is 0 Å². The van der Waals surface area contributed by atoms with Gasteiger partial charge >= 0.3 is 11.8 Å². The summed E-state index contributed by atoms with van der Waals surface area (Å²) in [6.07, 6.45) is 3.31. The second kappa shape index (κ2) is 7.61. The van der Waals surface area contributed by atoms with Gasteiger partial charge in [0.1, 0.15) is 0 Å². The monoisotopic (exact) mass is 324 g/mol. The summed E-state index contributed by atoms with van der Waals surface area (Å²) in [7, 11) is 0. The highest BCUT2D eigenvalue weighted by Gasteiger charge is 2.24. The number of halogens is 1. The van der Waals surface area contributed by atoms with Gasteiger partial charge in [-0.3, -0.25) is 9.59 Å². The maximum absolute atomic E-state index is 11.9. The summed E-state index contributed by atoms with van der Waals surface area (Å²) in [4.78, 5) is 23.7. The van der Waals surface area contributed by atoms with Crippen molar-refractivity contribution in [1.82, 2.24) is 5.32 Å². The third-order valence-corrected chi connectivity index (χ3v) is 4.27. The Morgan fingerprint density at radius 3 is 2.68 bits per heavy atom. The fraction of sp³-hybridized carbons (Fsp3) is 0.500. The van der Waals surface area contributed by atoms with Gasteiger partial charge in [-0.05, 0) is 43.5 Å². The van der Waals surface area contributed by atoms with Gasteiger partial charge < -0.3 is 15.7 Å². The van der Waals surface area contributed by atoms with Crippen LogP contribution in [0.5, 0.6) is 0 Å². The Bertz CT molecular complexity index is 562. The Morgan fingerprint density at radius 1 is 1.27 bits per heavy atom. The van der Waals surface area contributed by atoms with Crippen LogP contribution in [-0.2, 0) is 9.59 Å². The number of carbonyl (C=O) groups excluding carboxylic acids is 2. The average molecular weight is 325 g/mol. The van der Waals surface area contributed by atoms with Gasteiger partial charge in [0, 0.05) is 23.2 Å². The first kappa shape index (κ1) is 16.8. The van der Waals surface area contributed by atoms with Crippen LogP contribution in [0.4, 0.5) is 5.69 Å². The predicted octanol–water partition coefficient (Wildman–Crippen LogP) is 2.25. The van der Waals surface area contributed by atoms with E-state index in [1.807, 2.05) is 0 Å². The van der Waals surface area contributed by atoms with E-state index in [4.69, 9.17) is 11.6 Å². The van der Waals surface area contributed by atoms with Gasteiger partial charge in [0.2, 0.25) is 0 Å². The molecule has 0 saturated heterocycles. The molecule has 22 heavy (non-hydrogen) atoms. The smallest absolute Gasteiger partial charge is 0.313 e. The molecule has 120 valence electrons. The SMILES string of the molecule is Cc1cc(Cl)ccc1NC(=O)C(=O)NC[C@H]1CCCC[C@H]1O. The predicted molar refractivity (Wildman–Crippen MR) is 85.8 cm³/mol. The molecule has 1 saturated carbocycles. The molecule has 0 unspecified atom stereocenters. The van der Waals surface area contributed by atoms with Crippen LogP contribution in [0, 0.1) is 12.8 Å². The van der Waals surface area contributed by atoms with Crippen LogP contribution < -0.4 is 10.6 Å². The quantitative estimate of drug-likeness (QED) is 0.746. The molecule has 1 aliphatic rings. The standard InChI is InChI=1S/C16H21ClN2O3/c1-10-8-12(17)6-7-13(10)19-16(22)15(21)18-9-11-4-2-3-5-14(11)20/h6-8,11,14,20H,2-5,9H2,1H3,(H,18,21)(H,19,22)/t11-,14-/m1/s1. The van der Waals surface area contributed by atoms with E-state index in [2.05, 4.69) is 10.6 Å². The van der Waals surface area contributed by atoms with Gasteiger partial charge in [-0.25, -0.2) is 0 Å². The molecule has 0 bridgehead atoms. The molecule has 1 fully saturated rings. The van der Waals surface area contributed by atoms with E-state index in [9.17, 15) is 14.7 Å². The minimum absolute atomic E-state index is 0.0303. The number of aliphatic hydroxyl groups excluding tert-OH is 1. The molecule has 6 heteroatoms. The molecule has 2 amide bonds. The van der Waals surface area contributed by atoms with Crippen LogP contribution in [0.25, 0.3) is 0 Å². The van der Waals surface area contributed by atoms with E-state index >= 15 is 0 Å². The van der Waals surface area contributed by atoms with Crippen LogP contribution in [-0.4, -0.2) is 29.6 Å². The Hall–Kier alpha value is -1.59. The zero-order valence-electron chi connectivity index (χ0n) is 12.6. The normalized spacial score (nSPS) is 21.2. The summed E-state index contributed by atoms with van der Waals surface area (Å²) in [6.45, 7) is 2.13. The van der Waals surface area contributed by atoms with Crippen LogP contribution in [0.1, 0.15) is 31.2 Å². The lowest BCUT2D eigenvalue weighted by atomic mass is 9.86. The summed E-state index contributed by atoms with van der Waals surface area (Å²) in [6, 6.07) is 5.03. The lowest BCUT2D eigenvalue weighted by molar-refractivity contribution is -0.136. The Labute approximate surface area is 135 Å². The van der Waals surface area contributed by atoms with Crippen molar-refractivity contribution in [3.8, 4) is 0 Å². The molecule has 0 spiro atoms. The Kier molecular flexibility index (Phi) is 5.80. The van der Waals surface area contributed by atoms with Gasteiger partial charge in [-0.1, -0.05) is 24.4 Å². The number of rotatable bonds is 3. The second-order valence-corrected chi connectivity index (χ2v) is 6.17. The number of benzene rings is 1. The lowest BCUT2D eigenvalue weighted by Gasteiger charge is -2.27.